The van der Waals surface area contributed by atoms with Crippen LogP contribution in [0.3, 0.4) is 0 Å². The summed E-state index contributed by atoms with van der Waals surface area (Å²) in [5, 5.41) is 7.47. The van der Waals surface area contributed by atoms with Gasteiger partial charge in [0, 0.05) is 18.8 Å². The smallest absolute Gasteiger partial charge is 0.241 e. The fourth-order valence-corrected chi connectivity index (χ4v) is 2.50. The van der Waals surface area contributed by atoms with Crippen LogP contribution in [0.2, 0.25) is 0 Å². The average Bonchev–Trinajstić information content (AvgIpc) is 3.11. The van der Waals surface area contributed by atoms with Crippen molar-refractivity contribution in [2.45, 2.75) is 25.4 Å². The van der Waals surface area contributed by atoms with E-state index in [9.17, 15) is 0 Å². The van der Waals surface area contributed by atoms with Crippen molar-refractivity contribution in [1.82, 2.24) is 25.3 Å². The van der Waals surface area contributed by atoms with E-state index in [0.717, 1.165) is 18.8 Å². The molecule has 1 N–H and O–H groups in total. The summed E-state index contributed by atoms with van der Waals surface area (Å²) in [6.45, 7) is 2.79. The molecule has 1 fully saturated rings. The van der Waals surface area contributed by atoms with Crippen LogP contribution >= 0.6 is 0 Å². The lowest BCUT2D eigenvalue weighted by molar-refractivity contribution is 0.248. The number of hydrogen-bond acceptors (Lipinski definition) is 6. The molecule has 0 amide bonds. The average molecular weight is 273 g/mol. The molecule has 2 aromatic rings. The molecule has 3 rings (SSSR count). The molecule has 1 aliphatic rings. The summed E-state index contributed by atoms with van der Waals surface area (Å²) >= 11 is 0. The highest BCUT2D eigenvalue weighted by atomic mass is 16.5. The first-order valence-electron chi connectivity index (χ1n) is 6.97. The molecular weight excluding hydrogens is 254 g/mol. The van der Waals surface area contributed by atoms with E-state index in [4.69, 9.17) is 4.52 Å². The zero-order valence-electron chi connectivity index (χ0n) is 11.6. The minimum Gasteiger partial charge on any atom is -0.337 e. The van der Waals surface area contributed by atoms with Gasteiger partial charge in [-0.05, 0) is 38.6 Å². The normalized spacial score (nSPS) is 18.8. The minimum atomic E-state index is 0.549. The highest BCUT2D eigenvalue weighted by Crippen LogP contribution is 2.13. The van der Waals surface area contributed by atoms with E-state index in [-0.39, 0.29) is 0 Å². The molecule has 1 saturated heterocycles. The Balaban J connectivity index is 1.59. The molecule has 0 bridgehead atoms. The molecule has 1 atom stereocenters. The van der Waals surface area contributed by atoms with Gasteiger partial charge in [-0.25, -0.2) is 0 Å². The number of hydrogen-bond donors (Lipinski definition) is 1. The van der Waals surface area contributed by atoms with Crippen LogP contribution in [-0.2, 0) is 6.54 Å². The second-order valence-corrected chi connectivity index (χ2v) is 5.22. The number of pyridine rings is 1. The van der Waals surface area contributed by atoms with E-state index < -0.39 is 0 Å². The van der Waals surface area contributed by atoms with E-state index in [1.165, 1.54) is 12.8 Å². The fraction of sp³-hybridized carbons (Fsp3) is 0.500. The molecule has 20 heavy (non-hydrogen) atoms. The predicted octanol–water partition coefficient (Wildman–Crippen LogP) is 1.32. The fourth-order valence-electron chi connectivity index (χ4n) is 2.50. The van der Waals surface area contributed by atoms with Gasteiger partial charge in [0.2, 0.25) is 11.7 Å². The van der Waals surface area contributed by atoms with Crippen molar-refractivity contribution >= 4 is 0 Å². The highest BCUT2D eigenvalue weighted by molar-refractivity contribution is 5.46. The highest BCUT2D eigenvalue weighted by Gasteiger charge is 2.17. The van der Waals surface area contributed by atoms with Crippen molar-refractivity contribution in [2.75, 3.05) is 20.1 Å². The van der Waals surface area contributed by atoms with Gasteiger partial charge >= 0.3 is 0 Å². The molecule has 106 valence electrons. The molecule has 0 saturated carbocycles. The first-order chi connectivity index (χ1) is 9.81. The van der Waals surface area contributed by atoms with E-state index in [2.05, 4.69) is 32.4 Å². The molecule has 2 aromatic heterocycles. The number of rotatable bonds is 5. The third-order valence-electron chi connectivity index (χ3n) is 3.46. The van der Waals surface area contributed by atoms with Gasteiger partial charge in [-0.15, -0.1) is 0 Å². The summed E-state index contributed by atoms with van der Waals surface area (Å²) in [6, 6.07) is 6.24. The van der Waals surface area contributed by atoms with Gasteiger partial charge in [-0.1, -0.05) is 11.2 Å². The van der Waals surface area contributed by atoms with Crippen LogP contribution in [0.5, 0.6) is 0 Å². The van der Waals surface area contributed by atoms with Gasteiger partial charge in [0.15, 0.2) is 0 Å². The lowest BCUT2D eigenvalue weighted by Gasteiger charge is -2.18. The molecule has 0 aliphatic carbocycles. The van der Waals surface area contributed by atoms with Crippen molar-refractivity contribution in [3.63, 3.8) is 0 Å². The Hall–Kier alpha value is -1.79. The van der Waals surface area contributed by atoms with E-state index in [0.29, 0.717) is 24.3 Å². The maximum atomic E-state index is 5.29. The largest absolute Gasteiger partial charge is 0.337 e. The van der Waals surface area contributed by atoms with Crippen LogP contribution in [0, 0.1) is 0 Å². The summed E-state index contributed by atoms with van der Waals surface area (Å²) in [6.07, 6.45) is 4.24. The Labute approximate surface area is 118 Å². The Bertz CT molecular complexity index is 536. The quantitative estimate of drug-likeness (QED) is 0.886. The molecule has 0 radical (unpaired) electrons. The zero-order chi connectivity index (χ0) is 13.8. The first-order valence-corrected chi connectivity index (χ1v) is 6.97. The van der Waals surface area contributed by atoms with Crippen LogP contribution in [0.1, 0.15) is 18.7 Å². The summed E-state index contributed by atoms with van der Waals surface area (Å²) in [5.41, 5.74) is 0.739. The SMILES string of the molecule is CN(Cc1nc(-c2ccccn2)no1)CC1CCCN1. The molecule has 1 aliphatic heterocycles. The van der Waals surface area contributed by atoms with Gasteiger partial charge in [0.1, 0.15) is 5.69 Å². The monoisotopic (exact) mass is 273 g/mol. The number of nitrogens with zero attached hydrogens (tertiary/aromatic N) is 4. The van der Waals surface area contributed by atoms with Crippen molar-refractivity contribution in [3.05, 3.63) is 30.3 Å². The molecule has 0 spiro atoms. The molecule has 1 unspecified atom stereocenters. The van der Waals surface area contributed by atoms with E-state index >= 15 is 0 Å². The van der Waals surface area contributed by atoms with Crippen molar-refractivity contribution in [1.29, 1.82) is 0 Å². The standard InChI is InChI=1S/C14H19N5O/c1-19(9-11-5-4-8-15-11)10-13-17-14(18-20-13)12-6-2-3-7-16-12/h2-3,6-7,11,15H,4-5,8-10H2,1H3. The topological polar surface area (TPSA) is 67.1 Å². The molecule has 6 nitrogen and oxygen atoms in total. The molecule has 6 heteroatoms. The van der Waals surface area contributed by atoms with E-state index in [1.54, 1.807) is 6.20 Å². The summed E-state index contributed by atoms with van der Waals surface area (Å²) in [7, 11) is 2.07. The first kappa shape index (κ1) is 13.2. The summed E-state index contributed by atoms with van der Waals surface area (Å²) < 4.78 is 5.29. The minimum absolute atomic E-state index is 0.549. The lowest BCUT2D eigenvalue weighted by atomic mass is 10.2. The van der Waals surface area contributed by atoms with Gasteiger partial charge < -0.3 is 9.84 Å². The van der Waals surface area contributed by atoms with Crippen LogP contribution in [-0.4, -0.2) is 46.2 Å². The third-order valence-corrected chi connectivity index (χ3v) is 3.46. The summed E-state index contributed by atoms with van der Waals surface area (Å²) in [4.78, 5) is 10.8. The molecule has 0 aromatic carbocycles. The second kappa shape index (κ2) is 6.11. The van der Waals surface area contributed by atoms with Gasteiger partial charge in [-0.3, -0.25) is 9.88 Å². The molecular formula is C14H19N5O. The number of likely N-dealkylation sites (N-methyl/N-ethyl adjacent to an activating group) is 1. The van der Waals surface area contributed by atoms with Gasteiger partial charge in [-0.2, -0.15) is 4.98 Å². The lowest BCUT2D eigenvalue weighted by Crippen LogP contribution is -2.35. The van der Waals surface area contributed by atoms with Crippen LogP contribution < -0.4 is 5.32 Å². The Kier molecular flexibility index (Phi) is 4.03. The second-order valence-electron chi connectivity index (χ2n) is 5.22. The number of nitrogens with one attached hydrogen (secondary N) is 1. The number of aromatic nitrogens is 3. The Morgan fingerprint density at radius 1 is 1.45 bits per heavy atom. The van der Waals surface area contributed by atoms with Crippen molar-refractivity contribution in [2.24, 2.45) is 0 Å². The van der Waals surface area contributed by atoms with Crippen molar-refractivity contribution < 1.29 is 4.52 Å². The Morgan fingerprint density at radius 3 is 3.15 bits per heavy atom. The van der Waals surface area contributed by atoms with Crippen LogP contribution in [0.25, 0.3) is 11.5 Å². The van der Waals surface area contributed by atoms with Crippen LogP contribution in [0.15, 0.2) is 28.9 Å². The molecule has 3 heterocycles. The zero-order valence-corrected chi connectivity index (χ0v) is 11.6. The maximum absolute atomic E-state index is 5.29. The Morgan fingerprint density at radius 2 is 2.40 bits per heavy atom. The van der Waals surface area contributed by atoms with Crippen LogP contribution in [0.4, 0.5) is 0 Å². The van der Waals surface area contributed by atoms with E-state index in [1.807, 2.05) is 18.2 Å². The predicted molar refractivity (Wildman–Crippen MR) is 74.9 cm³/mol. The van der Waals surface area contributed by atoms with Crippen molar-refractivity contribution in [3.8, 4) is 11.5 Å². The van der Waals surface area contributed by atoms with Gasteiger partial charge in [0.05, 0.1) is 6.54 Å². The third kappa shape index (κ3) is 3.20. The maximum Gasteiger partial charge on any atom is 0.241 e. The van der Waals surface area contributed by atoms with Gasteiger partial charge in [0.25, 0.3) is 0 Å². The summed E-state index contributed by atoms with van der Waals surface area (Å²) in [5.74, 6) is 1.18.